The first-order chi connectivity index (χ1) is 17.5. The number of carbonyl (C=O) groups excluding carboxylic acids is 1. The smallest absolute Gasteiger partial charge is 0.226 e. The van der Waals surface area contributed by atoms with Crippen molar-refractivity contribution in [3.05, 3.63) is 107 Å². The maximum atomic E-state index is 12.7. The van der Waals surface area contributed by atoms with Gasteiger partial charge in [-0.05, 0) is 67.2 Å². The summed E-state index contributed by atoms with van der Waals surface area (Å²) in [5.74, 6) is 1.37. The molecule has 0 unspecified atom stereocenters. The van der Waals surface area contributed by atoms with E-state index in [1.807, 2.05) is 90.7 Å². The number of pyridine rings is 1. The van der Waals surface area contributed by atoms with Gasteiger partial charge in [-0.3, -0.25) is 9.78 Å². The zero-order chi connectivity index (χ0) is 25.1. The van der Waals surface area contributed by atoms with Crippen molar-refractivity contribution in [2.75, 3.05) is 11.9 Å². The largest absolute Gasteiger partial charge is 0.459 e. The third kappa shape index (κ3) is 4.98. The van der Waals surface area contributed by atoms with E-state index >= 15 is 0 Å². The van der Waals surface area contributed by atoms with Crippen molar-refractivity contribution >= 4 is 40.5 Å². The van der Waals surface area contributed by atoms with Crippen molar-refractivity contribution in [2.45, 2.75) is 25.4 Å². The van der Waals surface area contributed by atoms with Crippen LogP contribution in [0.25, 0.3) is 11.3 Å². The molecule has 2 atom stereocenters. The first kappa shape index (κ1) is 24.0. The van der Waals surface area contributed by atoms with E-state index in [1.165, 1.54) is 0 Å². The average Bonchev–Trinajstić information content (AvgIpc) is 3.50. The van der Waals surface area contributed by atoms with Crippen LogP contribution in [0.1, 0.15) is 35.5 Å². The number of benzene rings is 2. The molecule has 1 saturated heterocycles. The van der Waals surface area contributed by atoms with Gasteiger partial charge in [-0.25, -0.2) is 0 Å². The summed E-state index contributed by atoms with van der Waals surface area (Å²) >= 11 is 12.1. The summed E-state index contributed by atoms with van der Waals surface area (Å²) in [4.78, 5) is 19.2. The minimum Gasteiger partial charge on any atom is -0.459 e. The summed E-state index contributed by atoms with van der Waals surface area (Å²) in [7, 11) is 0. The molecule has 2 N–H and O–H groups in total. The topological polar surface area (TPSA) is 70.4 Å². The minimum absolute atomic E-state index is 0.0845. The molecular weight excluding hydrogens is 492 g/mol. The Labute approximate surface area is 220 Å². The fourth-order valence-electron chi connectivity index (χ4n) is 4.45. The number of amides is 1. The Hall–Kier alpha value is -3.68. The lowest BCUT2D eigenvalue weighted by Crippen LogP contribution is -2.32. The standard InChI is InChI=1S/C28H25ClN4O2S/c1-18-20(10-7-11-21(18)29)23-13-14-24(35-23)27-26(22-12-5-6-16-30-22)32-28(36)33(27)17-15-25(34)31-19-8-3-2-4-9-19/h2-14,16,26-27H,15,17H2,1H3,(H,31,34)(H,32,36)/t26-,27+/m1/s1. The van der Waals surface area contributed by atoms with E-state index in [2.05, 4.69) is 15.6 Å². The molecule has 1 aliphatic rings. The molecule has 3 heterocycles. The van der Waals surface area contributed by atoms with Crippen molar-refractivity contribution in [1.82, 2.24) is 15.2 Å². The molecule has 1 aliphatic heterocycles. The number of aromatic nitrogens is 1. The first-order valence-electron chi connectivity index (χ1n) is 11.7. The number of hydrogen-bond donors (Lipinski definition) is 2. The lowest BCUT2D eigenvalue weighted by atomic mass is 10.0. The molecular formula is C28H25ClN4O2S. The molecule has 8 heteroatoms. The molecule has 0 spiro atoms. The van der Waals surface area contributed by atoms with Crippen LogP contribution in [0.3, 0.4) is 0 Å². The van der Waals surface area contributed by atoms with E-state index in [-0.39, 0.29) is 24.4 Å². The number of anilines is 1. The molecule has 0 aliphatic carbocycles. The van der Waals surface area contributed by atoms with Gasteiger partial charge in [-0.15, -0.1) is 0 Å². The molecule has 0 bridgehead atoms. The molecule has 1 fully saturated rings. The van der Waals surface area contributed by atoms with Crippen molar-refractivity contribution in [3.63, 3.8) is 0 Å². The van der Waals surface area contributed by atoms with E-state index < -0.39 is 0 Å². The molecule has 182 valence electrons. The lowest BCUT2D eigenvalue weighted by molar-refractivity contribution is -0.116. The van der Waals surface area contributed by atoms with Crippen LogP contribution in [0.4, 0.5) is 5.69 Å². The van der Waals surface area contributed by atoms with Gasteiger partial charge >= 0.3 is 0 Å². The van der Waals surface area contributed by atoms with E-state index in [1.54, 1.807) is 6.20 Å². The SMILES string of the molecule is Cc1c(Cl)cccc1-c1ccc([C@H]2[C@@H](c3ccccn3)NC(=S)N2CCC(=O)Nc2ccccc2)o1. The Balaban J connectivity index is 1.42. The third-order valence-corrected chi connectivity index (χ3v) is 7.05. The number of furan rings is 1. The van der Waals surface area contributed by atoms with Gasteiger partial charge in [0.15, 0.2) is 5.11 Å². The second kappa shape index (κ2) is 10.5. The summed E-state index contributed by atoms with van der Waals surface area (Å²) in [6.07, 6.45) is 2.03. The Bertz CT molecular complexity index is 1380. The highest BCUT2D eigenvalue weighted by Gasteiger charge is 2.41. The van der Waals surface area contributed by atoms with Crippen molar-refractivity contribution < 1.29 is 9.21 Å². The molecule has 4 aromatic rings. The van der Waals surface area contributed by atoms with E-state index in [4.69, 9.17) is 28.2 Å². The number of nitrogens with zero attached hydrogens (tertiary/aromatic N) is 2. The number of hydrogen-bond acceptors (Lipinski definition) is 4. The van der Waals surface area contributed by atoms with Gasteiger partial charge < -0.3 is 20.0 Å². The van der Waals surface area contributed by atoms with Gasteiger partial charge in [0.25, 0.3) is 0 Å². The van der Waals surface area contributed by atoms with Gasteiger partial charge in [-0.1, -0.05) is 48.0 Å². The summed E-state index contributed by atoms with van der Waals surface area (Å²) in [6.45, 7) is 2.39. The number of halogens is 1. The number of para-hydroxylation sites is 1. The molecule has 36 heavy (non-hydrogen) atoms. The molecule has 0 radical (unpaired) electrons. The fraction of sp³-hybridized carbons (Fsp3) is 0.179. The molecule has 2 aromatic carbocycles. The summed E-state index contributed by atoms with van der Waals surface area (Å²) in [5, 5.41) is 7.57. The Kier molecular flexibility index (Phi) is 7.02. The highest BCUT2D eigenvalue weighted by atomic mass is 35.5. The van der Waals surface area contributed by atoms with E-state index in [0.29, 0.717) is 16.7 Å². The maximum Gasteiger partial charge on any atom is 0.226 e. The van der Waals surface area contributed by atoms with E-state index in [9.17, 15) is 4.79 Å². The van der Waals surface area contributed by atoms with Crippen molar-refractivity contribution in [2.24, 2.45) is 0 Å². The quantitative estimate of drug-likeness (QED) is 0.281. The highest BCUT2D eigenvalue weighted by Crippen LogP contribution is 2.41. The van der Waals surface area contributed by atoms with Gasteiger partial charge in [0.2, 0.25) is 5.91 Å². The van der Waals surface area contributed by atoms with Gasteiger partial charge in [0, 0.05) is 35.4 Å². The highest BCUT2D eigenvalue weighted by molar-refractivity contribution is 7.80. The zero-order valence-corrected chi connectivity index (χ0v) is 21.2. The zero-order valence-electron chi connectivity index (χ0n) is 19.6. The van der Waals surface area contributed by atoms with Crippen LogP contribution in [-0.4, -0.2) is 27.4 Å². The van der Waals surface area contributed by atoms with Crippen LogP contribution in [0.15, 0.2) is 89.5 Å². The van der Waals surface area contributed by atoms with Crippen LogP contribution >= 0.6 is 23.8 Å². The molecule has 5 rings (SSSR count). The number of carbonyl (C=O) groups is 1. The Morgan fingerprint density at radius 2 is 1.89 bits per heavy atom. The Morgan fingerprint density at radius 3 is 2.67 bits per heavy atom. The second-order valence-corrected chi connectivity index (χ2v) is 9.39. The van der Waals surface area contributed by atoms with Crippen molar-refractivity contribution in [1.29, 1.82) is 0 Å². The summed E-state index contributed by atoms with van der Waals surface area (Å²) in [6, 6.07) is 24.4. The number of thiocarbonyl (C=S) groups is 1. The van der Waals surface area contributed by atoms with Crippen LogP contribution in [0.2, 0.25) is 5.02 Å². The predicted octanol–water partition coefficient (Wildman–Crippen LogP) is 6.30. The first-order valence-corrected chi connectivity index (χ1v) is 12.5. The van der Waals surface area contributed by atoms with Gasteiger partial charge in [-0.2, -0.15) is 0 Å². The van der Waals surface area contributed by atoms with E-state index in [0.717, 1.165) is 34.0 Å². The molecule has 6 nitrogen and oxygen atoms in total. The fourth-order valence-corrected chi connectivity index (χ4v) is 4.96. The summed E-state index contributed by atoms with van der Waals surface area (Å²) in [5.41, 5.74) is 3.50. The molecule has 1 amide bonds. The van der Waals surface area contributed by atoms with Crippen molar-refractivity contribution in [3.8, 4) is 11.3 Å². The lowest BCUT2D eigenvalue weighted by Gasteiger charge is -2.25. The number of rotatable bonds is 7. The second-order valence-electron chi connectivity index (χ2n) is 8.60. The van der Waals surface area contributed by atoms with Crippen LogP contribution in [-0.2, 0) is 4.79 Å². The average molecular weight is 517 g/mol. The molecule has 0 saturated carbocycles. The normalized spacial score (nSPS) is 17.2. The molecule has 2 aromatic heterocycles. The van der Waals surface area contributed by atoms with Crippen LogP contribution in [0.5, 0.6) is 0 Å². The summed E-state index contributed by atoms with van der Waals surface area (Å²) < 4.78 is 6.39. The van der Waals surface area contributed by atoms with Gasteiger partial charge in [0.05, 0.1) is 11.7 Å². The minimum atomic E-state index is -0.273. The monoisotopic (exact) mass is 516 g/mol. The van der Waals surface area contributed by atoms with Crippen LogP contribution < -0.4 is 10.6 Å². The van der Waals surface area contributed by atoms with Crippen LogP contribution in [0, 0.1) is 6.92 Å². The van der Waals surface area contributed by atoms with Gasteiger partial charge in [0.1, 0.15) is 17.6 Å². The third-order valence-electron chi connectivity index (χ3n) is 6.29. The predicted molar refractivity (Wildman–Crippen MR) is 146 cm³/mol. The number of nitrogens with one attached hydrogen (secondary N) is 2. The Morgan fingerprint density at radius 1 is 1.08 bits per heavy atom. The maximum absolute atomic E-state index is 12.7.